The summed E-state index contributed by atoms with van der Waals surface area (Å²) in [4.78, 5) is 14.5. The van der Waals surface area contributed by atoms with Gasteiger partial charge in [0.15, 0.2) is 0 Å². The molecule has 1 saturated heterocycles. The molecule has 0 aromatic heterocycles. The van der Waals surface area contributed by atoms with Gasteiger partial charge >= 0.3 is 0 Å². The van der Waals surface area contributed by atoms with Crippen LogP contribution in [0.15, 0.2) is 24.3 Å². The molecule has 1 aliphatic carbocycles. The first-order chi connectivity index (χ1) is 9.57. The molecule has 1 aromatic rings. The number of benzene rings is 1. The minimum absolute atomic E-state index is 0.145. The van der Waals surface area contributed by atoms with Gasteiger partial charge in [-0.1, -0.05) is 12.1 Å². The number of hydrogen-bond donors (Lipinski definition) is 2. The molecule has 2 fully saturated rings. The average Bonchev–Trinajstić information content (AvgIpc) is 2.87. The number of nitrogens with two attached hydrogens (primary N) is 1. The van der Waals surface area contributed by atoms with Gasteiger partial charge in [0.25, 0.3) is 0 Å². The van der Waals surface area contributed by atoms with Gasteiger partial charge in [-0.3, -0.25) is 4.79 Å². The Labute approximate surface area is 119 Å². The van der Waals surface area contributed by atoms with Crippen LogP contribution in [-0.4, -0.2) is 28.0 Å². The second-order valence-corrected chi connectivity index (χ2v) is 6.23. The SMILES string of the molecule is NC1(CC(=O)N2CCC[C@@H]2c2ccc(O)cc2)CCC1. The highest BCUT2D eigenvalue weighted by Crippen LogP contribution is 2.37. The predicted molar refractivity (Wildman–Crippen MR) is 77.2 cm³/mol. The molecule has 1 atom stereocenters. The van der Waals surface area contributed by atoms with Crippen molar-refractivity contribution in [3.05, 3.63) is 29.8 Å². The number of rotatable bonds is 3. The molecule has 0 bridgehead atoms. The standard InChI is InChI=1S/C16H22N2O2/c17-16(8-2-9-16)11-15(20)18-10-1-3-14(18)12-4-6-13(19)7-5-12/h4-7,14,19H,1-3,8-11,17H2/t14-/m1/s1. The Bertz CT molecular complexity index is 494. The Hall–Kier alpha value is -1.55. The first-order valence-electron chi connectivity index (χ1n) is 7.45. The summed E-state index contributed by atoms with van der Waals surface area (Å²) < 4.78 is 0. The molecule has 0 radical (unpaired) electrons. The summed E-state index contributed by atoms with van der Waals surface area (Å²) in [7, 11) is 0. The molecule has 4 nitrogen and oxygen atoms in total. The van der Waals surface area contributed by atoms with Crippen molar-refractivity contribution in [2.75, 3.05) is 6.54 Å². The van der Waals surface area contributed by atoms with Crippen molar-refractivity contribution < 1.29 is 9.90 Å². The fourth-order valence-corrected chi connectivity index (χ4v) is 3.32. The van der Waals surface area contributed by atoms with Crippen LogP contribution >= 0.6 is 0 Å². The number of phenols is 1. The number of carbonyl (C=O) groups excluding carboxylic acids is 1. The molecule has 2 aliphatic rings. The molecular formula is C16H22N2O2. The van der Waals surface area contributed by atoms with E-state index in [1.807, 2.05) is 17.0 Å². The lowest BCUT2D eigenvalue weighted by atomic mass is 9.75. The van der Waals surface area contributed by atoms with Gasteiger partial charge in [-0.05, 0) is 49.8 Å². The van der Waals surface area contributed by atoms with Crippen molar-refractivity contribution in [2.24, 2.45) is 5.73 Å². The van der Waals surface area contributed by atoms with E-state index in [0.29, 0.717) is 6.42 Å². The summed E-state index contributed by atoms with van der Waals surface area (Å²) >= 11 is 0. The van der Waals surface area contributed by atoms with Gasteiger partial charge in [0, 0.05) is 18.5 Å². The Morgan fingerprint density at radius 1 is 1.30 bits per heavy atom. The molecule has 108 valence electrons. The predicted octanol–water partition coefficient (Wildman–Crippen LogP) is 2.33. The van der Waals surface area contributed by atoms with E-state index in [-0.39, 0.29) is 23.2 Å². The van der Waals surface area contributed by atoms with Crippen LogP contribution in [0.25, 0.3) is 0 Å². The molecule has 3 rings (SSSR count). The Morgan fingerprint density at radius 3 is 2.60 bits per heavy atom. The highest BCUT2D eigenvalue weighted by atomic mass is 16.3. The van der Waals surface area contributed by atoms with Crippen molar-refractivity contribution in [1.82, 2.24) is 4.90 Å². The molecule has 20 heavy (non-hydrogen) atoms. The largest absolute Gasteiger partial charge is 0.508 e. The van der Waals surface area contributed by atoms with Crippen LogP contribution in [-0.2, 0) is 4.79 Å². The number of likely N-dealkylation sites (tertiary alicyclic amines) is 1. The zero-order valence-corrected chi connectivity index (χ0v) is 11.7. The highest BCUT2D eigenvalue weighted by Gasteiger charge is 2.38. The molecule has 1 heterocycles. The Balaban J connectivity index is 1.71. The van der Waals surface area contributed by atoms with E-state index < -0.39 is 0 Å². The normalized spacial score (nSPS) is 24.4. The smallest absolute Gasteiger partial charge is 0.224 e. The van der Waals surface area contributed by atoms with Crippen LogP contribution in [0.1, 0.15) is 50.1 Å². The number of carbonyl (C=O) groups is 1. The van der Waals surface area contributed by atoms with Crippen molar-refractivity contribution in [2.45, 2.75) is 50.1 Å². The second kappa shape index (κ2) is 5.09. The van der Waals surface area contributed by atoms with Crippen molar-refractivity contribution in [3.63, 3.8) is 0 Å². The van der Waals surface area contributed by atoms with Gasteiger partial charge in [-0.15, -0.1) is 0 Å². The Morgan fingerprint density at radius 2 is 2.00 bits per heavy atom. The van der Waals surface area contributed by atoms with E-state index in [2.05, 4.69) is 0 Å². The fourth-order valence-electron chi connectivity index (χ4n) is 3.32. The topological polar surface area (TPSA) is 66.6 Å². The van der Waals surface area contributed by atoms with Gasteiger partial charge in [0.05, 0.1) is 6.04 Å². The second-order valence-electron chi connectivity index (χ2n) is 6.23. The zero-order chi connectivity index (χ0) is 14.2. The lowest BCUT2D eigenvalue weighted by molar-refractivity contribution is -0.134. The quantitative estimate of drug-likeness (QED) is 0.889. The van der Waals surface area contributed by atoms with Gasteiger partial charge in [-0.25, -0.2) is 0 Å². The van der Waals surface area contributed by atoms with Gasteiger partial charge in [0.1, 0.15) is 5.75 Å². The van der Waals surface area contributed by atoms with Crippen LogP contribution in [0, 0.1) is 0 Å². The maximum atomic E-state index is 12.5. The van der Waals surface area contributed by atoms with E-state index in [1.165, 1.54) is 0 Å². The first-order valence-corrected chi connectivity index (χ1v) is 7.45. The van der Waals surface area contributed by atoms with Crippen LogP contribution in [0.3, 0.4) is 0 Å². The van der Waals surface area contributed by atoms with E-state index in [4.69, 9.17) is 5.73 Å². The lowest BCUT2D eigenvalue weighted by Crippen LogP contribution is -2.50. The third kappa shape index (κ3) is 2.52. The molecule has 1 aromatic carbocycles. The van der Waals surface area contributed by atoms with Gasteiger partial charge < -0.3 is 15.7 Å². The van der Waals surface area contributed by atoms with Crippen molar-refractivity contribution in [3.8, 4) is 5.75 Å². The third-order valence-corrected chi connectivity index (χ3v) is 4.70. The average molecular weight is 274 g/mol. The molecule has 4 heteroatoms. The lowest BCUT2D eigenvalue weighted by Gasteiger charge is -2.39. The van der Waals surface area contributed by atoms with E-state index in [1.54, 1.807) is 12.1 Å². The van der Waals surface area contributed by atoms with E-state index in [0.717, 1.165) is 44.2 Å². The van der Waals surface area contributed by atoms with E-state index in [9.17, 15) is 9.90 Å². The van der Waals surface area contributed by atoms with Crippen LogP contribution in [0.5, 0.6) is 5.75 Å². The summed E-state index contributed by atoms with van der Waals surface area (Å²) in [6, 6.07) is 7.34. The molecule has 0 spiro atoms. The van der Waals surface area contributed by atoms with Crippen molar-refractivity contribution in [1.29, 1.82) is 0 Å². The highest BCUT2D eigenvalue weighted by molar-refractivity contribution is 5.78. The van der Waals surface area contributed by atoms with Crippen molar-refractivity contribution >= 4 is 5.91 Å². The fraction of sp³-hybridized carbons (Fsp3) is 0.562. The maximum absolute atomic E-state index is 12.5. The Kier molecular flexibility index (Phi) is 3.42. The summed E-state index contributed by atoms with van der Waals surface area (Å²) in [6.07, 6.45) is 5.59. The molecule has 0 unspecified atom stereocenters. The molecule has 3 N–H and O–H groups in total. The molecule has 1 amide bonds. The maximum Gasteiger partial charge on any atom is 0.224 e. The van der Waals surface area contributed by atoms with Crippen LogP contribution in [0.4, 0.5) is 0 Å². The van der Waals surface area contributed by atoms with Crippen LogP contribution < -0.4 is 5.73 Å². The summed E-state index contributed by atoms with van der Waals surface area (Å²) in [5.41, 5.74) is 7.05. The number of nitrogens with zero attached hydrogens (tertiary/aromatic N) is 1. The summed E-state index contributed by atoms with van der Waals surface area (Å²) in [6.45, 7) is 0.820. The summed E-state index contributed by atoms with van der Waals surface area (Å²) in [5.74, 6) is 0.447. The number of amides is 1. The molecule has 1 saturated carbocycles. The van der Waals surface area contributed by atoms with Crippen LogP contribution in [0.2, 0.25) is 0 Å². The number of aromatic hydroxyl groups is 1. The summed E-state index contributed by atoms with van der Waals surface area (Å²) in [5, 5.41) is 9.37. The molecular weight excluding hydrogens is 252 g/mol. The first kappa shape index (κ1) is 13.4. The zero-order valence-electron chi connectivity index (χ0n) is 11.7. The van der Waals surface area contributed by atoms with E-state index >= 15 is 0 Å². The minimum Gasteiger partial charge on any atom is -0.508 e. The van der Waals surface area contributed by atoms with Gasteiger partial charge in [-0.2, -0.15) is 0 Å². The minimum atomic E-state index is -0.251. The number of phenolic OH excluding ortho intramolecular Hbond substituents is 1. The van der Waals surface area contributed by atoms with Gasteiger partial charge in [0.2, 0.25) is 5.91 Å². The molecule has 1 aliphatic heterocycles. The third-order valence-electron chi connectivity index (χ3n) is 4.70. The monoisotopic (exact) mass is 274 g/mol. The number of hydrogen-bond acceptors (Lipinski definition) is 3.